The first-order chi connectivity index (χ1) is 17.8. The van der Waals surface area contributed by atoms with Crippen LogP contribution in [0, 0.1) is 10.1 Å². The molecule has 1 atom stereocenters. The van der Waals surface area contributed by atoms with Crippen LogP contribution in [0.5, 0.6) is 0 Å². The van der Waals surface area contributed by atoms with E-state index in [2.05, 4.69) is 25.6 Å². The molecule has 2 heterocycles. The molecule has 12 nitrogen and oxygen atoms in total. The number of halogens is 1. The second-order valence-electron chi connectivity index (χ2n) is 7.78. The third-order valence-corrected chi connectivity index (χ3v) is 5.65. The molecule has 2 aromatic carbocycles. The summed E-state index contributed by atoms with van der Waals surface area (Å²) in [6.07, 6.45) is 1.12. The van der Waals surface area contributed by atoms with Gasteiger partial charge in [0, 0.05) is 0 Å². The molecule has 0 aliphatic heterocycles. The summed E-state index contributed by atoms with van der Waals surface area (Å²) in [7, 11) is 0. The third kappa shape index (κ3) is 5.33. The Morgan fingerprint density at radius 1 is 1.16 bits per heavy atom. The number of carbonyl (C=O) groups is 1. The van der Waals surface area contributed by atoms with Gasteiger partial charge in [0.2, 0.25) is 11.6 Å². The number of aromatic nitrogens is 4. The summed E-state index contributed by atoms with van der Waals surface area (Å²) in [5.74, 6) is -0.607. The Kier molecular flexibility index (Phi) is 7.58. The van der Waals surface area contributed by atoms with Crippen molar-refractivity contribution in [1.29, 1.82) is 0 Å². The van der Waals surface area contributed by atoms with E-state index in [0.29, 0.717) is 11.2 Å². The lowest BCUT2D eigenvalue weighted by Crippen LogP contribution is -2.27. The zero-order chi connectivity index (χ0) is 26.5. The number of anilines is 2. The lowest BCUT2D eigenvalue weighted by Gasteiger charge is -2.20. The molecule has 0 aliphatic rings. The molecule has 0 radical (unpaired) electrons. The van der Waals surface area contributed by atoms with Crippen LogP contribution in [0.25, 0.3) is 16.6 Å². The maximum atomic E-state index is 13.6. The first kappa shape index (κ1) is 25.5. The Morgan fingerprint density at radius 3 is 2.59 bits per heavy atom. The molecule has 190 valence electrons. The molecule has 13 heteroatoms. The molecule has 37 heavy (non-hydrogen) atoms. The van der Waals surface area contributed by atoms with Crippen LogP contribution in [0.1, 0.15) is 25.7 Å². The minimum Gasteiger partial charge on any atom is -0.465 e. The van der Waals surface area contributed by atoms with Crippen molar-refractivity contribution >= 4 is 45.8 Å². The Morgan fingerprint density at radius 2 is 1.89 bits per heavy atom. The first-order valence-corrected chi connectivity index (χ1v) is 11.6. The van der Waals surface area contributed by atoms with Crippen molar-refractivity contribution in [2.75, 3.05) is 23.8 Å². The van der Waals surface area contributed by atoms with Crippen molar-refractivity contribution in [3.63, 3.8) is 0 Å². The van der Waals surface area contributed by atoms with E-state index in [-0.39, 0.29) is 46.6 Å². The maximum absolute atomic E-state index is 13.6. The van der Waals surface area contributed by atoms with E-state index in [1.165, 1.54) is 4.57 Å². The van der Waals surface area contributed by atoms with Gasteiger partial charge >= 0.3 is 11.7 Å². The minimum atomic E-state index is -0.734. The summed E-state index contributed by atoms with van der Waals surface area (Å²) in [4.78, 5) is 49.2. The number of nitrogens with one attached hydrogen (secondary N) is 2. The summed E-state index contributed by atoms with van der Waals surface area (Å²) < 4.78 is 6.25. The number of fused-ring (bicyclic) bond motifs is 1. The number of nitro groups is 1. The van der Waals surface area contributed by atoms with Crippen LogP contribution >= 0.6 is 11.6 Å². The van der Waals surface area contributed by atoms with Crippen molar-refractivity contribution in [2.45, 2.75) is 19.9 Å². The summed E-state index contributed by atoms with van der Waals surface area (Å²) in [5.41, 5.74) is 0.0530. The van der Waals surface area contributed by atoms with Gasteiger partial charge in [0.1, 0.15) is 18.7 Å². The normalized spacial score (nSPS) is 11.6. The average Bonchev–Trinajstić information content (AvgIpc) is 2.87. The van der Waals surface area contributed by atoms with Crippen LogP contribution in [0.2, 0.25) is 5.02 Å². The van der Waals surface area contributed by atoms with Gasteiger partial charge in [-0.3, -0.25) is 24.3 Å². The highest BCUT2D eigenvalue weighted by Gasteiger charge is 2.27. The lowest BCUT2D eigenvalue weighted by molar-refractivity contribution is -0.383. The molecule has 0 fully saturated rings. The van der Waals surface area contributed by atoms with Gasteiger partial charge in [0.05, 0.1) is 39.2 Å². The average molecular weight is 524 g/mol. The van der Waals surface area contributed by atoms with Gasteiger partial charge in [0.15, 0.2) is 0 Å². The molecule has 4 aromatic rings. The molecule has 0 bridgehead atoms. The number of nitrogens with zero attached hydrogens (tertiary/aromatic N) is 5. The van der Waals surface area contributed by atoms with Crippen LogP contribution in [0.3, 0.4) is 0 Å². The number of benzene rings is 2. The van der Waals surface area contributed by atoms with E-state index in [1.807, 2.05) is 6.07 Å². The summed E-state index contributed by atoms with van der Waals surface area (Å²) >= 11 is 6.33. The number of hydrogen-bond donors (Lipinski definition) is 2. The van der Waals surface area contributed by atoms with Crippen molar-refractivity contribution in [3.05, 3.63) is 86.2 Å². The number of ether oxygens (including phenoxy) is 1. The molecule has 0 aliphatic carbocycles. The predicted octanol–water partition coefficient (Wildman–Crippen LogP) is 3.89. The Hall–Kier alpha value is -4.58. The molecule has 0 saturated heterocycles. The number of para-hydroxylation sites is 1. The summed E-state index contributed by atoms with van der Waals surface area (Å²) in [6.45, 7) is 3.19. The van der Waals surface area contributed by atoms with Crippen molar-refractivity contribution < 1.29 is 14.5 Å². The van der Waals surface area contributed by atoms with Gasteiger partial charge in [0.25, 0.3) is 5.56 Å². The van der Waals surface area contributed by atoms with Gasteiger partial charge in [-0.2, -0.15) is 0 Å². The first-order valence-electron chi connectivity index (χ1n) is 11.2. The maximum Gasteiger partial charge on any atom is 0.353 e. The van der Waals surface area contributed by atoms with E-state index in [0.717, 1.165) is 6.33 Å². The number of rotatable bonds is 9. The van der Waals surface area contributed by atoms with Gasteiger partial charge in [-0.25, -0.2) is 15.0 Å². The standard InChI is InChI=1S/C24H22ClN7O5/c1-3-37-18(33)12-26-21-20(32(35)36)22(28-13-27-21)29-14(2)23-30-17-11-7-10-16(25)19(17)24(34)31(23)15-8-5-4-6-9-15/h4-11,13-14H,3,12H2,1-2H3,(H2,26,27,28,29)/t14-/m0/s1. The number of esters is 1. The van der Waals surface area contributed by atoms with Crippen molar-refractivity contribution in [1.82, 2.24) is 19.5 Å². The molecule has 2 aromatic heterocycles. The number of carbonyl (C=O) groups excluding carboxylic acids is 1. The third-order valence-electron chi connectivity index (χ3n) is 5.34. The molecule has 0 unspecified atom stereocenters. The van der Waals surface area contributed by atoms with Crippen LogP contribution in [-0.2, 0) is 9.53 Å². The highest BCUT2D eigenvalue weighted by Crippen LogP contribution is 2.32. The summed E-state index contributed by atoms with van der Waals surface area (Å²) in [6, 6.07) is 13.1. The van der Waals surface area contributed by atoms with Crippen LogP contribution in [-0.4, -0.2) is 43.6 Å². The molecule has 0 amide bonds. The van der Waals surface area contributed by atoms with E-state index < -0.39 is 22.6 Å². The van der Waals surface area contributed by atoms with Crippen LogP contribution in [0.15, 0.2) is 59.7 Å². The highest BCUT2D eigenvalue weighted by atomic mass is 35.5. The molecular weight excluding hydrogens is 502 g/mol. The smallest absolute Gasteiger partial charge is 0.353 e. The minimum absolute atomic E-state index is 0.126. The fourth-order valence-corrected chi connectivity index (χ4v) is 4.00. The van der Waals surface area contributed by atoms with Gasteiger partial charge < -0.3 is 15.4 Å². The molecule has 2 N–H and O–H groups in total. The van der Waals surface area contributed by atoms with Crippen molar-refractivity contribution in [3.8, 4) is 5.69 Å². The zero-order valence-electron chi connectivity index (χ0n) is 19.8. The molecular formula is C24H22ClN7O5. The Labute approximate surface area is 215 Å². The number of hydrogen-bond acceptors (Lipinski definition) is 10. The second kappa shape index (κ2) is 11.0. The van der Waals surface area contributed by atoms with Gasteiger partial charge in [-0.15, -0.1) is 0 Å². The molecule has 0 saturated carbocycles. The second-order valence-corrected chi connectivity index (χ2v) is 8.19. The van der Waals surface area contributed by atoms with Gasteiger partial charge in [-0.05, 0) is 38.1 Å². The fourth-order valence-electron chi connectivity index (χ4n) is 3.75. The van der Waals surface area contributed by atoms with Crippen LogP contribution in [0.4, 0.5) is 17.3 Å². The Bertz CT molecular complexity index is 1530. The molecule has 0 spiro atoms. The van der Waals surface area contributed by atoms with Gasteiger partial charge in [-0.1, -0.05) is 35.9 Å². The fraction of sp³-hybridized carbons (Fsp3) is 0.208. The zero-order valence-corrected chi connectivity index (χ0v) is 20.6. The quantitative estimate of drug-likeness (QED) is 0.187. The van der Waals surface area contributed by atoms with E-state index >= 15 is 0 Å². The van der Waals surface area contributed by atoms with E-state index in [9.17, 15) is 19.7 Å². The lowest BCUT2D eigenvalue weighted by atomic mass is 10.2. The molecule has 4 rings (SSSR count). The highest BCUT2D eigenvalue weighted by molar-refractivity contribution is 6.35. The van der Waals surface area contributed by atoms with Crippen LogP contribution < -0.4 is 16.2 Å². The topological polar surface area (TPSA) is 154 Å². The predicted molar refractivity (Wildman–Crippen MR) is 138 cm³/mol. The van der Waals surface area contributed by atoms with E-state index in [1.54, 1.807) is 56.3 Å². The van der Waals surface area contributed by atoms with Crippen molar-refractivity contribution in [2.24, 2.45) is 0 Å². The monoisotopic (exact) mass is 523 g/mol. The largest absolute Gasteiger partial charge is 0.465 e. The summed E-state index contributed by atoms with van der Waals surface area (Å²) in [5, 5.41) is 18.0. The van der Waals surface area contributed by atoms with E-state index in [4.69, 9.17) is 16.3 Å². The SMILES string of the molecule is CCOC(=O)CNc1ncnc(N[C@@H](C)c2nc3cccc(Cl)c3c(=O)n2-c2ccccc2)c1[N+](=O)[O-]. The Balaban J connectivity index is 1.79.